The predicted molar refractivity (Wildman–Crippen MR) is 80.0 cm³/mol. The number of nitrogens with two attached hydrogens (primary N) is 1. The van der Waals surface area contributed by atoms with Gasteiger partial charge in [0.05, 0.1) is 13.2 Å². The Balaban J connectivity index is 2.37. The number of aliphatic hydroxyl groups is 1. The van der Waals surface area contributed by atoms with Crippen molar-refractivity contribution >= 4 is 10.8 Å². The Morgan fingerprint density at radius 3 is 2.55 bits per heavy atom. The van der Waals surface area contributed by atoms with Gasteiger partial charge in [0.25, 0.3) is 0 Å². The highest BCUT2D eigenvalue weighted by Gasteiger charge is 2.15. The van der Waals surface area contributed by atoms with Gasteiger partial charge in [-0.05, 0) is 23.4 Å². The molecule has 1 atom stereocenters. The maximum absolute atomic E-state index is 8.83. The van der Waals surface area contributed by atoms with Crippen LogP contribution in [0.5, 0.6) is 5.75 Å². The summed E-state index contributed by atoms with van der Waals surface area (Å²) in [5, 5.41) is 11.0. The molecule has 0 spiro atoms. The third-order valence-corrected chi connectivity index (χ3v) is 3.32. The monoisotopic (exact) mass is 275 g/mol. The predicted octanol–water partition coefficient (Wildman–Crippen LogP) is 2.25. The number of rotatable bonds is 7. The first kappa shape index (κ1) is 14.8. The van der Waals surface area contributed by atoms with E-state index in [4.69, 9.17) is 20.3 Å². The summed E-state index contributed by atoms with van der Waals surface area (Å²) in [7, 11) is 1.67. The van der Waals surface area contributed by atoms with E-state index in [0.29, 0.717) is 19.6 Å². The maximum Gasteiger partial charge on any atom is 0.126 e. The number of benzene rings is 2. The lowest BCUT2D eigenvalue weighted by molar-refractivity contribution is 0.0497. The molecule has 0 aliphatic carbocycles. The molecule has 2 aromatic carbocycles. The Morgan fingerprint density at radius 1 is 1.15 bits per heavy atom. The van der Waals surface area contributed by atoms with Gasteiger partial charge in [-0.1, -0.05) is 30.3 Å². The van der Waals surface area contributed by atoms with E-state index in [1.165, 1.54) is 0 Å². The average molecular weight is 275 g/mol. The number of hydrogen-bond donors (Lipinski definition) is 2. The molecule has 20 heavy (non-hydrogen) atoms. The van der Waals surface area contributed by atoms with Crippen molar-refractivity contribution in [3.8, 4) is 5.75 Å². The molecule has 2 aromatic rings. The molecule has 1 unspecified atom stereocenters. The Bertz CT molecular complexity index is 556. The van der Waals surface area contributed by atoms with Gasteiger partial charge in [-0.15, -0.1) is 0 Å². The van der Waals surface area contributed by atoms with E-state index < -0.39 is 0 Å². The SMILES string of the molecule is COc1ccc(C(CN)OCCCO)c2ccccc12. The van der Waals surface area contributed by atoms with Crippen LogP contribution in [-0.2, 0) is 4.74 Å². The van der Waals surface area contributed by atoms with Crippen molar-refractivity contribution in [2.75, 3.05) is 26.9 Å². The summed E-state index contributed by atoms with van der Waals surface area (Å²) in [5.74, 6) is 0.843. The van der Waals surface area contributed by atoms with E-state index in [1.807, 2.05) is 36.4 Å². The first-order valence-electron chi connectivity index (χ1n) is 6.80. The van der Waals surface area contributed by atoms with E-state index in [-0.39, 0.29) is 12.7 Å². The van der Waals surface area contributed by atoms with Gasteiger partial charge in [-0.2, -0.15) is 0 Å². The smallest absolute Gasteiger partial charge is 0.126 e. The molecule has 0 fully saturated rings. The standard InChI is InChI=1S/C16H21NO3/c1-19-15-8-7-14(12-5-2-3-6-13(12)15)16(11-17)20-10-4-9-18/h2-3,5-8,16,18H,4,9-11,17H2,1H3. The van der Waals surface area contributed by atoms with Crippen molar-refractivity contribution in [2.45, 2.75) is 12.5 Å². The van der Waals surface area contributed by atoms with Crippen LogP contribution < -0.4 is 10.5 Å². The first-order chi connectivity index (χ1) is 9.81. The van der Waals surface area contributed by atoms with Gasteiger partial charge in [-0.25, -0.2) is 0 Å². The van der Waals surface area contributed by atoms with Crippen LogP contribution in [0.1, 0.15) is 18.1 Å². The maximum atomic E-state index is 8.83. The van der Waals surface area contributed by atoms with Gasteiger partial charge < -0.3 is 20.3 Å². The molecule has 0 amide bonds. The summed E-state index contributed by atoms with van der Waals surface area (Å²) in [5.41, 5.74) is 6.89. The molecule has 2 rings (SSSR count). The summed E-state index contributed by atoms with van der Waals surface area (Å²) in [4.78, 5) is 0. The Labute approximate surface area is 119 Å². The zero-order valence-electron chi connectivity index (χ0n) is 11.7. The quantitative estimate of drug-likeness (QED) is 0.761. The molecule has 4 nitrogen and oxygen atoms in total. The first-order valence-corrected chi connectivity index (χ1v) is 6.80. The number of fused-ring (bicyclic) bond motifs is 1. The molecule has 3 N–H and O–H groups in total. The third kappa shape index (κ3) is 3.10. The average Bonchev–Trinajstić information content (AvgIpc) is 2.51. The van der Waals surface area contributed by atoms with Gasteiger partial charge in [-0.3, -0.25) is 0 Å². The molecule has 0 saturated heterocycles. The van der Waals surface area contributed by atoms with Crippen molar-refractivity contribution in [1.82, 2.24) is 0 Å². The molecule has 4 heteroatoms. The molecule has 0 radical (unpaired) electrons. The summed E-state index contributed by atoms with van der Waals surface area (Å²) in [6.45, 7) is 1.03. The lowest BCUT2D eigenvalue weighted by Gasteiger charge is -2.19. The molecule has 0 saturated carbocycles. The second kappa shape index (κ2) is 7.24. The zero-order chi connectivity index (χ0) is 14.4. The Kier molecular flexibility index (Phi) is 5.35. The van der Waals surface area contributed by atoms with E-state index >= 15 is 0 Å². The van der Waals surface area contributed by atoms with Crippen LogP contribution in [0.25, 0.3) is 10.8 Å². The third-order valence-electron chi connectivity index (χ3n) is 3.32. The molecule has 0 bridgehead atoms. The number of methoxy groups -OCH3 is 1. The van der Waals surface area contributed by atoms with Crippen LogP contribution in [0.4, 0.5) is 0 Å². The molecule has 0 heterocycles. The highest BCUT2D eigenvalue weighted by Crippen LogP contribution is 2.32. The van der Waals surface area contributed by atoms with Gasteiger partial charge in [0, 0.05) is 25.1 Å². The number of aliphatic hydroxyl groups excluding tert-OH is 1. The van der Waals surface area contributed by atoms with Crippen LogP contribution in [-0.4, -0.2) is 32.0 Å². The van der Waals surface area contributed by atoms with E-state index in [9.17, 15) is 0 Å². The summed E-state index contributed by atoms with van der Waals surface area (Å²) >= 11 is 0. The molecule has 0 aromatic heterocycles. The Hall–Kier alpha value is -1.62. The van der Waals surface area contributed by atoms with Gasteiger partial charge >= 0.3 is 0 Å². The van der Waals surface area contributed by atoms with Gasteiger partial charge in [0.1, 0.15) is 5.75 Å². The highest BCUT2D eigenvalue weighted by molar-refractivity contribution is 5.91. The molecule has 0 aliphatic heterocycles. The molecule has 0 aliphatic rings. The van der Waals surface area contributed by atoms with E-state index in [0.717, 1.165) is 22.1 Å². The second-order valence-corrected chi connectivity index (χ2v) is 4.57. The topological polar surface area (TPSA) is 64.7 Å². The number of hydrogen-bond acceptors (Lipinski definition) is 4. The summed E-state index contributed by atoms with van der Waals surface area (Å²) in [6, 6.07) is 12.0. The minimum Gasteiger partial charge on any atom is -0.496 e. The molecular formula is C16H21NO3. The van der Waals surface area contributed by atoms with Crippen molar-refractivity contribution in [1.29, 1.82) is 0 Å². The van der Waals surface area contributed by atoms with Crippen LogP contribution in [0, 0.1) is 0 Å². The lowest BCUT2D eigenvalue weighted by Crippen LogP contribution is -2.17. The lowest BCUT2D eigenvalue weighted by atomic mass is 9.99. The fourth-order valence-electron chi connectivity index (χ4n) is 2.33. The van der Waals surface area contributed by atoms with Crippen molar-refractivity contribution < 1.29 is 14.6 Å². The van der Waals surface area contributed by atoms with Crippen molar-refractivity contribution in [3.63, 3.8) is 0 Å². The summed E-state index contributed by atoms with van der Waals surface area (Å²) in [6.07, 6.45) is 0.447. The molecular weight excluding hydrogens is 254 g/mol. The van der Waals surface area contributed by atoms with Gasteiger partial charge in [0.15, 0.2) is 0 Å². The van der Waals surface area contributed by atoms with Crippen LogP contribution in [0.2, 0.25) is 0 Å². The largest absolute Gasteiger partial charge is 0.496 e. The van der Waals surface area contributed by atoms with E-state index in [2.05, 4.69) is 0 Å². The zero-order valence-corrected chi connectivity index (χ0v) is 11.7. The second-order valence-electron chi connectivity index (χ2n) is 4.57. The fourth-order valence-corrected chi connectivity index (χ4v) is 2.33. The number of ether oxygens (including phenoxy) is 2. The van der Waals surface area contributed by atoms with Crippen molar-refractivity contribution in [3.05, 3.63) is 42.0 Å². The minimum atomic E-state index is -0.169. The van der Waals surface area contributed by atoms with Gasteiger partial charge in [0.2, 0.25) is 0 Å². The van der Waals surface area contributed by atoms with Crippen LogP contribution in [0.15, 0.2) is 36.4 Å². The highest BCUT2D eigenvalue weighted by atomic mass is 16.5. The fraction of sp³-hybridized carbons (Fsp3) is 0.375. The van der Waals surface area contributed by atoms with Crippen LogP contribution >= 0.6 is 0 Å². The Morgan fingerprint density at radius 2 is 1.90 bits per heavy atom. The normalized spacial score (nSPS) is 12.6. The van der Waals surface area contributed by atoms with Crippen molar-refractivity contribution in [2.24, 2.45) is 5.73 Å². The minimum absolute atomic E-state index is 0.126. The summed E-state index contributed by atoms with van der Waals surface area (Å²) < 4.78 is 11.2. The van der Waals surface area contributed by atoms with Crippen LogP contribution in [0.3, 0.4) is 0 Å². The van der Waals surface area contributed by atoms with E-state index in [1.54, 1.807) is 7.11 Å². The molecule has 108 valence electrons.